The monoisotopic (exact) mass is 255 g/mol. The first-order chi connectivity index (χ1) is 7.92. The first kappa shape index (κ1) is 14.2. The zero-order valence-electron chi connectivity index (χ0n) is 10.7. The van der Waals surface area contributed by atoms with Crippen LogP contribution < -0.4 is 5.32 Å². The molecule has 0 spiro atoms. The van der Waals surface area contributed by atoms with E-state index >= 15 is 0 Å². The van der Waals surface area contributed by atoms with Gasteiger partial charge >= 0.3 is 0 Å². The Kier molecular flexibility index (Phi) is 5.15. The summed E-state index contributed by atoms with van der Waals surface area (Å²) in [5.41, 5.74) is 2.41. The maximum Gasteiger partial charge on any atom is 0.153 e. The van der Waals surface area contributed by atoms with Crippen molar-refractivity contribution < 1.29 is 8.42 Å². The number of rotatable bonds is 6. The predicted molar refractivity (Wildman–Crippen MR) is 71.8 cm³/mol. The highest BCUT2D eigenvalue weighted by atomic mass is 32.2. The average Bonchev–Trinajstić information content (AvgIpc) is 2.26. The summed E-state index contributed by atoms with van der Waals surface area (Å²) in [5, 5.41) is 2.86. The van der Waals surface area contributed by atoms with Gasteiger partial charge in [0, 0.05) is 13.1 Å². The summed E-state index contributed by atoms with van der Waals surface area (Å²) in [6.07, 6.45) is 0. The van der Waals surface area contributed by atoms with Gasteiger partial charge in [0.2, 0.25) is 0 Å². The molecule has 0 atom stereocenters. The van der Waals surface area contributed by atoms with Crippen molar-refractivity contribution in [3.8, 4) is 0 Å². The minimum atomic E-state index is -2.92. The van der Waals surface area contributed by atoms with Gasteiger partial charge in [0.1, 0.15) is 0 Å². The molecule has 0 heterocycles. The van der Waals surface area contributed by atoms with E-state index in [0.717, 1.165) is 0 Å². The summed E-state index contributed by atoms with van der Waals surface area (Å²) in [4.78, 5) is 0. The van der Waals surface area contributed by atoms with E-state index in [0.29, 0.717) is 13.1 Å². The number of hydrogen-bond donors (Lipinski definition) is 1. The zero-order chi connectivity index (χ0) is 12.9. The van der Waals surface area contributed by atoms with Crippen LogP contribution in [0, 0.1) is 6.92 Å². The Morgan fingerprint density at radius 2 is 1.76 bits per heavy atom. The van der Waals surface area contributed by atoms with Crippen molar-refractivity contribution >= 4 is 9.84 Å². The van der Waals surface area contributed by atoms with Gasteiger partial charge in [0.15, 0.2) is 9.84 Å². The quantitative estimate of drug-likeness (QED) is 0.790. The zero-order valence-corrected chi connectivity index (χ0v) is 11.5. The largest absolute Gasteiger partial charge is 0.312 e. The van der Waals surface area contributed by atoms with Gasteiger partial charge in [-0.15, -0.1) is 0 Å². The van der Waals surface area contributed by atoms with Gasteiger partial charge in [-0.1, -0.05) is 29.8 Å². The van der Waals surface area contributed by atoms with Crippen LogP contribution in [-0.4, -0.2) is 26.0 Å². The second kappa shape index (κ2) is 6.17. The highest BCUT2D eigenvalue weighted by molar-refractivity contribution is 7.92. The van der Waals surface area contributed by atoms with Crippen molar-refractivity contribution in [1.82, 2.24) is 5.32 Å². The summed E-state index contributed by atoms with van der Waals surface area (Å²) >= 11 is 0. The van der Waals surface area contributed by atoms with E-state index in [1.807, 2.05) is 6.92 Å². The molecule has 0 aliphatic carbocycles. The van der Waals surface area contributed by atoms with Gasteiger partial charge in [-0.3, -0.25) is 0 Å². The van der Waals surface area contributed by atoms with Gasteiger partial charge in [0.05, 0.1) is 11.0 Å². The van der Waals surface area contributed by atoms with Crippen LogP contribution in [0.25, 0.3) is 0 Å². The number of sulfone groups is 1. The first-order valence-electron chi connectivity index (χ1n) is 5.89. The van der Waals surface area contributed by atoms with Crippen molar-refractivity contribution in [2.24, 2.45) is 0 Å². The summed E-state index contributed by atoms with van der Waals surface area (Å²) in [5.74, 6) is 0.205. The van der Waals surface area contributed by atoms with Crippen LogP contribution in [0.5, 0.6) is 0 Å². The van der Waals surface area contributed by atoms with Crippen molar-refractivity contribution in [2.75, 3.05) is 12.3 Å². The van der Waals surface area contributed by atoms with E-state index in [-0.39, 0.29) is 11.0 Å². The third-order valence-electron chi connectivity index (χ3n) is 2.73. The van der Waals surface area contributed by atoms with Gasteiger partial charge in [-0.2, -0.15) is 0 Å². The molecule has 0 saturated carbocycles. The second-order valence-corrected chi connectivity index (χ2v) is 7.25. The maximum atomic E-state index is 11.5. The summed E-state index contributed by atoms with van der Waals surface area (Å²) in [6.45, 7) is 6.71. The Bertz CT molecular complexity index is 435. The average molecular weight is 255 g/mol. The molecule has 1 N–H and O–H groups in total. The third-order valence-corrected chi connectivity index (χ3v) is 4.94. The SMILES string of the molecule is Cc1ccc(CNCCS(=O)(=O)C(C)C)cc1. The van der Waals surface area contributed by atoms with Crippen LogP contribution in [0.4, 0.5) is 0 Å². The second-order valence-electron chi connectivity index (χ2n) is 4.58. The minimum Gasteiger partial charge on any atom is -0.312 e. The van der Waals surface area contributed by atoms with Gasteiger partial charge < -0.3 is 5.32 Å². The number of nitrogens with one attached hydrogen (secondary N) is 1. The smallest absolute Gasteiger partial charge is 0.153 e. The van der Waals surface area contributed by atoms with E-state index in [4.69, 9.17) is 0 Å². The Hall–Kier alpha value is -0.870. The Balaban J connectivity index is 2.32. The molecule has 0 saturated heterocycles. The molecule has 0 radical (unpaired) electrons. The van der Waals surface area contributed by atoms with E-state index in [9.17, 15) is 8.42 Å². The Labute approximate surface area is 104 Å². The minimum absolute atomic E-state index is 0.205. The standard InChI is InChI=1S/C13H21NO2S/c1-11(2)17(15,16)9-8-14-10-13-6-4-12(3)5-7-13/h4-7,11,14H,8-10H2,1-3H3. The summed E-state index contributed by atoms with van der Waals surface area (Å²) in [7, 11) is -2.92. The van der Waals surface area contributed by atoms with Crippen molar-refractivity contribution in [1.29, 1.82) is 0 Å². The molecule has 3 nitrogen and oxygen atoms in total. The van der Waals surface area contributed by atoms with E-state index in [1.54, 1.807) is 13.8 Å². The Morgan fingerprint density at radius 3 is 2.29 bits per heavy atom. The van der Waals surface area contributed by atoms with Crippen LogP contribution in [-0.2, 0) is 16.4 Å². The van der Waals surface area contributed by atoms with Crippen LogP contribution >= 0.6 is 0 Å². The van der Waals surface area contributed by atoms with Gasteiger partial charge in [-0.05, 0) is 26.3 Å². The molecular formula is C13H21NO2S. The van der Waals surface area contributed by atoms with Crippen LogP contribution in [0.1, 0.15) is 25.0 Å². The summed E-state index contributed by atoms with van der Waals surface area (Å²) < 4.78 is 23.1. The number of hydrogen-bond acceptors (Lipinski definition) is 3. The molecule has 1 aromatic rings. The van der Waals surface area contributed by atoms with Crippen molar-refractivity contribution in [3.63, 3.8) is 0 Å². The molecule has 0 fully saturated rings. The molecule has 4 heteroatoms. The van der Waals surface area contributed by atoms with Crippen molar-refractivity contribution in [2.45, 2.75) is 32.6 Å². The fourth-order valence-corrected chi connectivity index (χ4v) is 2.29. The predicted octanol–water partition coefficient (Wildman–Crippen LogP) is 1.91. The Morgan fingerprint density at radius 1 is 1.18 bits per heavy atom. The van der Waals surface area contributed by atoms with Crippen LogP contribution in [0.15, 0.2) is 24.3 Å². The molecule has 1 aromatic carbocycles. The van der Waals surface area contributed by atoms with Crippen LogP contribution in [0.2, 0.25) is 0 Å². The fraction of sp³-hybridized carbons (Fsp3) is 0.538. The lowest BCUT2D eigenvalue weighted by Crippen LogP contribution is -2.27. The molecule has 0 aromatic heterocycles. The third kappa shape index (κ3) is 4.88. The van der Waals surface area contributed by atoms with Gasteiger partial charge in [0.25, 0.3) is 0 Å². The molecule has 96 valence electrons. The van der Waals surface area contributed by atoms with Gasteiger partial charge in [-0.25, -0.2) is 8.42 Å². The lowest BCUT2D eigenvalue weighted by molar-refractivity contribution is 0.582. The first-order valence-corrected chi connectivity index (χ1v) is 7.61. The topological polar surface area (TPSA) is 46.2 Å². The summed E-state index contributed by atoms with van der Waals surface area (Å²) in [6, 6.07) is 8.22. The number of benzene rings is 1. The number of aryl methyl sites for hydroxylation is 1. The molecular weight excluding hydrogens is 234 g/mol. The van der Waals surface area contributed by atoms with E-state index < -0.39 is 9.84 Å². The normalized spacial score (nSPS) is 12.0. The molecule has 0 unspecified atom stereocenters. The highest BCUT2D eigenvalue weighted by Crippen LogP contribution is 2.03. The molecule has 1 rings (SSSR count). The van der Waals surface area contributed by atoms with Crippen LogP contribution in [0.3, 0.4) is 0 Å². The molecule has 17 heavy (non-hydrogen) atoms. The highest BCUT2D eigenvalue weighted by Gasteiger charge is 2.14. The molecule has 0 aliphatic rings. The van der Waals surface area contributed by atoms with E-state index in [1.165, 1.54) is 11.1 Å². The lowest BCUT2D eigenvalue weighted by Gasteiger charge is -2.08. The molecule has 0 aliphatic heterocycles. The fourth-order valence-electron chi connectivity index (χ4n) is 1.39. The van der Waals surface area contributed by atoms with E-state index in [2.05, 4.69) is 29.6 Å². The lowest BCUT2D eigenvalue weighted by atomic mass is 10.1. The maximum absolute atomic E-state index is 11.5. The van der Waals surface area contributed by atoms with Crippen molar-refractivity contribution in [3.05, 3.63) is 35.4 Å². The molecule has 0 bridgehead atoms. The molecule has 0 amide bonds.